The number of benzene rings is 1. The average molecular weight is 301 g/mol. The van der Waals surface area contributed by atoms with E-state index in [2.05, 4.69) is 53.3 Å². The Balaban J connectivity index is 1.44. The number of aryl methyl sites for hydroxylation is 1. The molecule has 1 aromatic carbocycles. The molecule has 0 fully saturated rings. The Labute approximate surface area is 131 Å². The van der Waals surface area contributed by atoms with Crippen molar-refractivity contribution >= 4 is 17.0 Å². The van der Waals surface area contributed by atoms with E-state index in [1.807, 2.05) is 5.51 Å². The van der Waals surface area contributed by atoms with Crippen molar-refractivity contribution in [1.29, 1.82) is 0 Å². The highest BCUT2D eigenvalue weighted by Crippen LogP contribution is 2.27. The Kier molecular flexibility index (Phi) is 4.56. The van der Waals surface area contributed by atoms with Gasteiger partial charge in [-0.2, -0.15) is 0 Å². The van der Waals surface area contributed by atoms with Gasteiger partial charge in [0.25, 0.3) is 0 Å². The number of para-hydroxylation sites is 1. The summed E-state index contributed by atoms with van der Waals surface area (Å²) in [4.78, 5) is 8.20. The minimum absolute atomic E-state index is 0.406. The number of hydrogen-bond acceptors (Lipinski definition) is 4. The van der Waals surface area contributed by atoms with Crippen LogP contribution in [0.1, 0.15) is 35.5 Å². The largest absolute Gasteiger partial charge is 0.371 e. The van der Waals surface area contributed by atoms with Crippen LogP contribution in [0.4, 0.5) is 5.69 Å². The third-order valence-electron chi connectivity index (χ3n) is 4.21. The molecule has 4 heteroatoms. The van der Waals surface area contributed by atoms with Crippen molar-refractivity contribution in [2.75, 3.05) is 24.5 Å². The Morgan fingerprint density at radius 3 is 3.05 bits per heavy atom. The van der Waals surface area contributed by atoms with Crippen LogP contribution in [-0.4, -0.2) is 24.6 Å². The van der Waals surface area contributed by atoms with Crippen molar-refractivity contribution in [1.82, 2.24) is 10.3 Å². The first-order chi connectivity index (χ1) is 10.3. The summed E-state index contributed by atoms with van der Waals surface area (Å²) < 4.78 is 0. The molecule has 0 amide bonds. The summed E-state index contributed by atoms with van der Waals surface area (Å²) in [5.74, 6) is 0. The zero-order valence-electron chi connectivity index (χ0n) is 12.8. The zero-order chi connectivity index (χ0) is 14.7. The maximum Gasteiger partial charge on any atom is 0.0798 e. The molecule has 1 aliphatic heterocycles. The van der Waals surface area contributed by atoms with Crippen LogP contribution in [0.3, 0.4) is 0 Å². The van der Waals surface area contributed by atoms with Gasteiger partial charge in [0.2, 0.25) is 0 Å². The Bertz CT molecular complexity index is 593. The van der Waals surface area contributed by atoms with E-state index in [4.69, 9.17) is 0 Å². The Morgan fingerprint density at radius 2 is 2.24 bits per heavy atom. The molecule has 1 atom stereocenters. The van der Waals surface area contributed by atoms with E-state index >= 15 is 0 Å². The van der Waals surface area contributed by atoms with Gasteiger partial charge in [0.1, 0.15) is 0 Å². The van der Waals surface area contributed by atoms with Crippen LogP contribution in [0.5, 0.6) is 0 Å². The lowest BCUT2D eigenvalue weighted by atomic mass is 10.2. The number of thiazole rings is 1. The summed E-state index contributed by atoms with van der Waals surface area (Å²) in [6.45, 7) is 7.68. The van der Waals surface area contributed by atoms with Crippen molar-refractivity contribution in [2.45, 2.75) is 32.7 Å². The molecule has 1 unspecified atom stereocenters. The minimum Gasteiger partial charge on any atom is -0.371 e. The normalized spacial score (nSPS) is 15.2. The third kappa shape index (κ3) is 3.27. The van der Waals surface area contributed by atoms with Gasteiger partial charge in [0, 0.05) is 29.7 Å². The maximum absolute atomic E-state index is 4.32. The fraction of sp³-hybridized carbons (Fsp3) is 0.471. The topological polar surface area (TPSA) is 28.2 Å². The van der Waals surface area contributed by atoms with Crippen LogP contribution >= 0.6 is 11.3 Å². The van der Waals surface area contributed by atoms with Gasteiger partial charge in [-0.05, 0) is 44.9 Å². The SMILES string of the molecule is Cc1ncsc1C(C)NCCCN1CCc2ccccc21. The Morgan fingerprint density at radius 1 is 1.38 bits per heavy atom. The number of rotatable bonds is 6. The molecule has 0 saturated heterocycles. The lowest BCUT2D eigenvalue weighted by molar-refractivity contribution is 0.559. The van der Waals surface area contributed by atoms with Crippen molar-refractivity contribution in [3.05, 3.63) is 45.9 Å². The number of aromatic nitrogens is 1. The first-order valence-corrected chi connectivity index (χ1v) is 8.60. The monoisotopic (exact) mass is 301 g/mol. The van der Waals surface area contributed by atoms with Crippen LogP contribution in [0.15, 0.2) is 29.8 Å². The molecule has 2 heterocycles. The van der Waals surface area contributed by atoms with Crippen LogP contribution in [0.25, 0.3) is 0 Å². The van der Waals surface area contributed by atoms with E-state index < -0.39 is 0 Å². The number of hydrogen-bond donors (Lipinski definition) is 1. The van der Waals surface area contributed by atoms with Gasteiger partial charge in [0.15, 0.2) is 0 Å². The summed E-state index contributed by atoms with van der Waals surface area (Å²) in [7, 11) is 0. The van der Waals surface area contributed by atoms with Crippen molar-refractivity contribution in [3.8, 4) is 0 Å². The summed E-state index contributed by atoms with van der Waals surface area (Å²) in [5.41, 5.74) is 6.03. The molecule has 0 spiro atoms. The highest BCUT2D eigenvalue weighted by atomic mass is 32.1. The number of nitrogens with one attached hydrogen (secondary N) is 1. The first kappa shape index (κ1) is 14.5. The molecule has 0 saturated carbocycles. The predicted octanol–water partition coefficient (Wildman–Crippen LogP) is 3.55. The van der Waals surface area contributed by atoms with Crippen LogP contribution in [0.2, 0.25) is 0 Å². The number of anilines is 1. The van der Waals surface area contributed by atoms with Gasteiger partial charge in [-0.3, -0.25) is 0 Å². The molecule has 0 bridgehead atoms. The fourth-order valence-electron chi connectivity index (χ4n) is 3.05. The summed E-state index contributed by atoms with van der Waals surface area (Å²) in [6, 6.07) is 9.19. The smallest absolute Gasteiger partial charge is 0.0798 e. The van der Waals surface area contributed by atoms with Gasteiger partial charge in [0.05, 0.1) is 11.2 Å². The number of nitrogens with zero attached hydrogens (tertiary/aromatic N) is 2. The molecule has 0 aliphatic carbocycles. The molecular formula is C17H23N3S. The molecule has 1 aliphatic rings. The van der Waals surface area contributed by atoms with E-state index in [-0.39, 0.29) is 0 Å². The summed E-state index contributed by atoms with van der Waals surface area (Å²) in [5, 5.41) is 3.62. The molecule has 2 aromatic rings. The zero-order valence-corrected chi connectivity index (χ0v) is 13.6. The van der Waals surface area contributed by atoms with Gasteiger partial charge in [-0.15, -0.1) is 11.3 Å². The lowest BCUT2D eigenvalue weighted by Gasteiger charge is -2.20. The van der Waals surface area contributed by atoms with Gasteiger partial charge < -0.3 is 10.2 Å². The second-order valence-electron chi connectivity index (χ2n) is 5.70. The average Bonchev–Trinajstić information content (AvgIpc) is 3.10. The van der Waals surface area contributed by atoms with Gasteiger partial charge in [-0.1, -0.05) is 18.2 Å². The quantitative estimate of drug-likeness (QED) is 0.827. The van der Waals surface area contributed by atoms with E-state index in [0.29, 0.717) is 6.04 Å². The second kappa shape index (κ2) is 6.58. The molecule has 1 aromatic heterocycles. The van der Waals surface area contributed by atoms with E-state index in [0.717, 1.165) is 18.8 Å². The molecule has 3 rings (SSSR count). The highest BCUT2D eigenvalue weighted by Gasteiger charge is 2.17. The predicted molar refractivity (Wildman–Crippen MR) is 90.2 cm³/mol. The number of fused-ring (bicyclic) bond motifs is 1. The molecular weight excluding hydrogens is 278 g/mol. The van der Waals surface area contributed by atoms with E-state index in [1.165, 1.54) is 35.5 Å². The van der Waals surface area contributed by atoms with Crippen molar-refractivity contribution in [3.63, 3.8) is 0 Å². The molecule has 1 N–H and O–H groups in total. The lowest BCUT2D eigenvalue weighted by Crippen LogP contribution is -2.27. The van der Waals surface area contributed by atoms with Gasteiger partial charge >= 0.3 is 0 Å². The maximum atomic E-state index is 4.32. The molecule has 3 nitrogen and oxygen atoms in total. The summed E-state index contributed by atoms with van der Waals surface area (Å²) >= 11 is 1.75. The van der Waals surface area contributed by atoms with Gasteiger partial charge in [-0.25, -0.2) is 4.98 Å². The third-order valence-corrected chi connectivity index (χ3v) is 5.33. The fourth-order valence-corrected chi connectivity index (χ4v) is 3.88. The minimum atomic E-state index is 0.406. The van der Waals surface area contributed by atoms with Crippen LogP contribution in [0, 0.1) is 6.92 Å². The molecule has 112 valence electrons. The first-order valence-electron chi connectivity index (χ1n) is 7.72. The van der Waals surface area contributed by atoms with Crippen LogP contribution < -0.4 is 10.2 Å². The highest BCUT2D eigenvalue weighted by molar-refractivity contribution is 7.09. The summed E-state index contributed by atoms with van der Waals surface area (Å²) in [6.07, 6.45) is 2.37. The molecule has 21 heavy (non-hydrogen) atoms. The van der Waals surface area contributed by atoms with Crippen LogP contribution in [-0.2, 0) is 6.42 Å². The molecule has 0 radical (unpaired) electrons. The van der Waals surface area contributed by atoms with Crippen molar-refractivity contribution in [2.24, 2.45) is 0 Å². The van der Waals surface area contributed by atoms with E-state index in [9.17, 15) is 0 Å². The standard InChI is InChI=1S/C17H23N3S/c1-13(17-14(2)19-12-21-17)18-9-5-10-20-11-8-15-6-3-4-7-16(15)20/h3-4,6-7,12-13,18H,5,8-11H2,1-2H3. The Hall–Kier alpha value is -1.39. The second-order valence-corrected chi connectivity index (χ2v) is 6.58. The van der Waals surface area contributed by atoms with E-state index in [1.54, 1.807) is 11.3 Å². The van der Waals surface area contributed by atoms with Crippen molar-refractivity contribution < 1.29 is 0 Å².